The molecule has 0 unspecified atom stereocenters. The highest BCUT2D eigenvalue weighted by Gasteiger charge is 2.30. The SMILES string of the molecule is CC1(C)COCCN1CCNC(=O)NC1CC(O)C1. The van der Waals surface area contributed by atoms with E-state index >= 15 is 0 Å². The van der Waals surface area contributed by atoms with Crippen molar-refractivity contribution in [3.63, 3.8) is 0 Å². The Morgan fingerprint density at radius 1 is 1.47 bits per heavy atom. The molecule has 1 aliphatic carbocycles. The van der Waals surface area contributed by atoms with E-state index < -0.39 is 0 Å². The first-order valence-electron chi connectivity index (χ1n) is 7.02. The van der Waals surface area contributed by atoms with Gasteiger partial charge >= 0.3 is 6.03 Å². The molecule has 3 N–H and O–H groups in total. The fourth-order valence-electron chi connectivity index (χ4n) is 2.55. The third-order valence-electron chi connectivity index (χ3n) is 3.93. The highest BCUT2D eigenvalue weighted by molar-refractivity contribution is 5.74. The smallest absolute Gasteiger partial charge is 0.315 e. The number of ether oxygens (including phenoxy) is 1. The van der Waals surface area contributed by atoms with Gasteiger partial charge in [0.15, 0.2) is 0 Å². The molecule has 2 amide bonds. The first-order valence-corrected chi connectivity index (χ1v) is 7.02. The van der Waals surface area contributed by atoms with Crippen LogP contribution in [0.25, 0.3) is 0 Å². The molecular formula is C13H25N3O3. The Bertz CT molecular complexity index is 316. The summed E-state index contributed by atoms with van der Waals surface area (Å²) in [5.41, 5.74) is 0.0362. The Morgan fingerprint density at radius 2 is 2.21 bits per heavy atom. The minimum absolute atomic E-state index is 0.0362. The molecule has 1 heterocycles. The van der Waals surface area contributed by atoms with Crippen LogP contribution in [-0.4, -0.2) is 66.6 Å². The number of nitrogens with zero attached hydrogens (tertiary/aromatic N) is 1. The number of morpholine rings is 1. The van der Waals surface area contributed by atoms with E-state index in [0.717, 1.165) is 26.3 Å². The first-order chi connectivity index (χ1) is 8.97. The number of hydrogen-bond donors (Lipinski definition) is 3. The maximum Gasteiger partial charge on any atom is 0.315 e. The maximum absolute atomic E-state index is 11.6. The topological polar surface area (TPSA) is 73.8 Å². The van der Waals surface area contributed by atoms with Crippen LogP contribution in [0.1, 0.15) is 26.7 Å². The maximum atomic E-state index is 11.6. The molecule has 2 fully saturated rings. The van der Waals surface area contributed by atoms with Gasteiger partial charge in [-0.05, 0) is 26.7 Å². The molecule has 1 aliphatic heterocycles. The van der Waals surface area contributed by atoms with Crippen molar-refractivity contribution < 1.29 is 14.6 Å². The van der Waals surface area contributed by atoms with Crippen LogP contribution in [0.2, 0.25) is 0 Å². The predicted octanol–water partition coefficient (Wildman–Crippen LogP) is -0.0803. The average molecular weight is 271 g/mol. The van der Waals surface area contributed by atoms with Gasteiger partial charge in [-0.15, -0.1) is 0 Å². The molecule has 0 bridgehead atoms. The summed E-state index contributed by atoms with van der Waals surface area (Å²) in [6.07, 6.45) is 1.10. The van der Waals surface area contributed by atoms with Crippen molar-refractivity contribution in [2.45, 2.75) is 44.4 Å². The fourth-order valence-corrected chi connectivity index (χ4v) is 2.55. The number of carbonyl (C=O) groups is 1. The Hall–Kier alpha value is -0.850. The molecule has 6 nitrogen and oxygen atoms in total. The molecule has 2 rings (SSSR count). The third kappa shape index (κ3) is 4.06. The van der Waals surface area contributed by atoms with Crippen LogP contribution in [-0.2, 0) is 4.74 Å². The van der Waals surface area contributed by atoms with Gasteiger partial charge in [0, 0.05) is 31.2 Å². The second kappa shape index (κ2) is 6.07. The van der Waals surface area contributed by atoms with E-state index in [0.29, 0.717) is 19.4 Å². The number of carbonyl (C=O) groups excluding carboxylic acids is 1. The Labute approximate surface area is 114 Å². The zero-order chi connectivity index (χ0) is 13.9. The van der Waals surface area contributed by atoms with E-state index in [2.05, 4.69) is 29.4 Å². The van der Waals surface area contributed by atoms with E-state index in [1.165, 1.54) is 0 Å². The van der Waals surface area contributed by atoms with E-state index in [4.69, 9.17) is 9.84 Å². The summed E-state index contributed by atoms with van der Waals surface area (Å²) in [6.45, 7) is 8.17. The lowest BCUT2D eigenvalue weighted by molar-refractivity contribution is -0.0497. The number of aliphatic hydroxyl groups is 1. The number of hydrogen-bond acceptors (Lipinski definition) is 4. The number of aliphatic hydroxyl groups excluding tert-OH is 1. The Balaban J connectivity index is 1.61. The molecule has 0 aromatic rings. The van der Waals surface area contributed by atoms with Crippen molar-refractivity contribution in [2.75, 3.05) is 32.8 Å². The quantitative estimate of drug-likeness (QED) is 0.668. The lowest BCUT2D eigenvalue weighted by atomic mass is 9.90. The van der Waals surface area contributed by atoms with Gasteiger partial charge < -0.3 is 20.5 Å². The van der Waals surface area contributed by atoms with Crippen molar-refractivity contribution in [2.24, 2.45) is 0 Å². The highest BCUT2D eigenvalue weighted by Crippen LogP contribution is 2.19. The number of nitrogens with one attached hydrogen (secondary N) is 2. The van der Waals surface area contributed by atoms with Crippen LogP contribution in [0.3, 0.4) is 0 Å². The van der Waals surface area contributed by atoms with Gasteiger partial charge in [0.25, 0.3) is 0 Å². The summed E-state index contributed by atoms with van der Waals surface area (Å²) >= 11 is 0. The molecule has 0 spiro atoms. The lowest BCUT2D eigenvalue weighted by Crippen LogP contribution is -2.56. The van der Waals surface area contributed by atoms with Gasteiger partial charge in [-0.25, -0.2) is 4.79 Å². The van der Waals surface area contributed by atoms with Crippen LogP contribution < -0.4 is 10.6 Å². The largest absolute Gasteiger partial charge is 0.393 e. The molecule has 0 aromatic heterocycles. The van der Waals surface area contributed by atoms with Crippen LogP contribution in [0.5, 0.6) is 0 Å². The first kappa shape index (κ1) is 14.6. The van der Waals surface area contributed by atoms with Gasteiger partial charge in [-0.2, -0.15) is 0 Å². The molecule has 2 aliphatic rings. The molecule has 110 valence electrons. The van der Waals surface area contributed by atoms with E-state index in [1.54, 1.807) is 0 Å². The number of rotatable bonds is 4. The number of amides is 2. The van der Waals surface area contributed by atoms with Gasteiger partial charge in [0.2, 0.25) is 0 Å². The standard InChI is InChI=1S/C13H25N3O3/c1-13(2)9-19-6-5-16(13)4-3-14-12(18)15-10-7-11(17)8-10/h10-11,17H,3-9H2,1-2H3,(H2,14,15,18). The van der Waals surface area contributed by atoms with Crippen molar-refractivity contribution in [3.05, 3.63) is 0 Å². The Kier molecular flexibility index (Phi) is 4.65. The van der Waals surface area contributed by atoms with Crippen LogP contribution in [0, 0.1) is 0 Å². The predicted molar refractivity (Wildman–Crippen MR) is 72.0 cm³/mol. The molecule has 0 aromatic carbocycles. The molecule has 0 atom stereocenters. The average Bonchev–Trinajstić information content (AvgIpc) is 2.29. The van der Waals surface area contributed by atoms with Gasteiger partial charge in [0.05, 0.1) is 19.3 Å². The number of urea groups is 1. The Morgan fingerprint density at radius 3 is 2.84 bits per heavy atom. The van der Waals surface area contributed by atoms with Crippen molar-refractivity contribution in [3.8, 4) is 0 Å². The molecular weight excluding hydrogens is 246 g/mol. The second-order valence-corrected chi connectivity index (χ2v) is 6.07. The van der Waals surface area contributed by atoms with Crippen molar-refractivity contribution >= 4 is 6.03 Å². The molecule has 0 radical (unpaired) electrons. The molecule has 1 saturated carbocycles. The van der Waals surface area contributed by atoms with E-state index in [1.807, 2.05) is 0 Å². The van der Waals surface area contributed by atoms with Crippen LogP contribution in [0.4, 0.5) is 4.79 Å². The van der Waals surface area contributed by atoms with Crippen LogP contribution in [0.15, 0.2) is 0 Å². The van der Waals surface area contributed by atoms with Crippen molar-refractivity contribution in [1.29, 1.82) is 0 Å². The minimum Gasteiger partial charge on any atom is -0.393 e. The summed E-state index contributed by atoms with van der Waals surface area (Å²) in [6, 6.07) is -0.00204. The van der Waals surface area contributed by atoms with E-state index in [-0.39, 0.29) is 23.7 Å². The van der Waals surface area contributed by atoms with Crippen molar-refractivity contribution in [1.82, 2.24) is 15.5 Å². The highest BCUT2D eigenvalue weighted by atomic mass is 16.5. The summed E-state index contributed by atoms with van der Waals surface area (Å²) < 4.78 is 5.46. The van der Waals surface area contributed by atoms with Crippen LogP contribution >= 0.6 is 0 Å². The second-order valence-electron chi connectivity index (χ2n) is 6.07. The van der Waals surface area contributed by atoms with Gasteiger partial charge in [-0.3, -0.25) is 4.90 Å². The normalized spacial score (nSPS) is 30.5. The third-order valence-corrected chi connectivity index (χ3v) is 3.93. The summed E-state index contributed by atoms with van der Waals surface area (Å²) in [7, 11) is 0. The summed E-state index contributed by atoms with van der Waals surface area (Å²) in [4.78, 5) is 13.9. The van der Waals surface area contributed by atoms with E-state index in [9.17, 15) is 4.79 Å². The summed E-state index contributed by atoms with van der Waals surface area (Å²) in [5, 5.41) is 14.9. The minimum atomic E-state index is -0.237. The zero-order valence-corrected chi connectivity index (χ0v) is 11.8. The molecule has 1 saturated heterocycles. The molecule has 19 heavy (non-hydrogen) atoms. The molecule has 6 heteroatoms. The summed E-state index contributed by atoms with van der Waals surface area (Å²) in [5.74, 6) is 0. The van der Waals surface area contributed by atoms with Gasteiger partial charge in [0.1, 0.15) is 0 Å². The lowest BCUT2D eigenvalue weighted by Gasteiger charge is -2.42. The monoisotopic (exact) mass is 271 g/mol. The zero-order valence-electron chi connectivity index (χ0n) is 11.8. The van der Waals surface area contributed by atoms with Gasteiger partial charge in [-0.1, -0.05) is 0 Å². The fraction of sp³-hybridized carbons (Fsp3) is 0.923.